The Morgan fingerprint density at radius 3 is 1.77 bits per heavy atom. The molecule has 1 heterocycles. The molecule has 0 radical (unpaired) electrons. The Bertz CT molecular complexity index is 1700. The summed E-state index contributed by atoms with van der Waals surface area (Å²) in [5.74, 6) is 1.33. The van der Waals surface area contributed by atoms with Gasteiger partial charge < -0.3 is 20.9 Å². The first-order chi connectivity index (χ1) is 18.5. The lowest BCUT2D eigenvalue weighted by molar-refractivity contribution is 0.485. The number of benzene rings is 4. The molecule has 0 amide bonds. The molecule has 0 atom stereocenters. The van der Waals surface area contributed by atoms with Crippen LogP contribution in [0.15, 0.2) is 57.5 Å². The number of nitrogens with one attached hydrogen (secondary N) is 1. The van der Waals surface area contributed by atoms with Crippen LogP contribution in [0.5, 0.6) is 23.0 Å². The molecule has 39 heavy (non-hydrogen) atoms. The number of nitrogens with zero attached hydrogens (tertiary/aromatic N) is 2. The van der Waals surface area contributed by atoms with E-state index in [1.165, 1.54) is 0 Å². The highest BCUT2D eigenvalue weighted by atomic mass is 79.9. The molecule has 0 aliphatic rings. The van der Waals surface area contributed by atoms with Crippen LogP contribution in [-0.4, -0.2) is 15.4 Å². The molecule has 1 aromatic heterocycles. The number of aromatic amines is 1. The number of halogens is 8. The predicted molar refractivity (Wildman–Crippen MR) is 168 cm³/mol. The van der Waals surface area contributed by atoms with Gasteiger partial charge in [0.05, 0.1) is 31.5 Å². The van der Waals surface area contributed by atoms with Gasteiger partial charge in [-0.15, -0.1) is 0 Å². The molecule has 15 heteroatoms. The number of nitrogen functional groups attached to an aromatic ring is 2. The van der Waals surface area contributed by atoms with E-state index in [1.807, 2.05) is 0 Å². The molecular formula is C24H13Br2Cl6N5O2. The number of aromatic nitrogens is 3. The van der Waals surface area contributed by atoms with Gasteiger partial charge in [-0.05, 0) is 68.3 Å². The van der Waals surface area contributed by atoms with Gasteiger partial charge in [-0.2, -0.15) is 15.4 Å². The van der Waals surface area contributed by atoms with Crippen LogP contribution in [0.1, 0.15) is 0 Å². The van der Waals surface area contributed by atoms with Crippen molar-refractivity contribution < 1.29 is 9.47 Å². The number of rotatable bonds is 4. The summed E-state index contributed by atoms with van der Waals surface area (Å²) in [6.07, 6.45) is 0. The van der Waals surface area contributed by atoms with Crippen LogP contribution in [-0.2, 0) is 0 Å². The van der Waals surface area contributed by atoms with Gasteiger partial charge in [0.25, 0.3) is 0 Å². The standard InChI is InChI=1S/C12H5BrCl3N3O.C12H8BrCl3N2O/c13-6-3-5(14)4-9(10(6)16)20-12-7(15)1-2-8-11(12)18-19-17-8;13-6-3-5(14)4-9(10(6)16)19-12-7(15)1-2-8(17)11(12)18/h1-4H,(H,17,18,19);1-4H,17-18H2. The molecule has 0 unspecified atom stereocenters. The van der Waals surface area contributed by atoms with E-state index in [-0.39, 0.29) is 11.4 Å². The van der Waals surface area contributed by atoms with E-state index >= 15 is 0 Å². The zero-order valence-corrected chi connectivity index (χ0v) is 26.7. The van der Waals surface area contributed by atoms with Gasteiger partial charge in [-0.1, -0.05) is 69.6 Å². The van der Waals surface area contributed by atoms with Crippen molar-refractivity contribution in [1.82, 2.24) is 15.4 Å². The predicted octanol–water partition coefficient (Wildman–Crippen LogP) is 10.8. The molecule has 0 aliphatic heterocycles. The van der Waals surface area contributed by atoms with E-state index in [9.17, 15) is 0 Å². The Hall–Kier alpha value is -1.82. The molecule has 0 spiro atoms. The highest BCUT2D eigenvalue weighted by molar-refractivity contribution is 9.10. The average molecular weight is 776 g/mol. The van der Waals surface area contributed by atoms with Gasteiger partial charge in [-0.25, -0.2) is 0 Å². The Balaban J connectivity index is 0.000000181. The molecule has 5 N–H and O–H groups in total. The average Bonchev–Trinajstić information content (AvgIpc) is 3.36. The second-order valence-corrected chi connectivity index (χ2v) is 11.7. The van der Waals surface area contributed by atoms with Crippen LogP contribution >= 0.6 is 101 Å². The first kappa shape index (κ1) is 30.1. The zero-order valence-electron chi connectivity index (χ0n) is 19.0. The minimum Gasteiger partial charge on any atom is -0.452 e. The largest absolute Gasteiger partial charge is 0.452 e. The fraction of sp³-hybridized carbons (Fsp3) is 0. The minimum atomic E-state index is 0.248. The van der Waals surface area contributed by atoms with Crippen molar-refractivity contribution in [2.75, 3.05) is 11.5 Å². The molecule has 7 nitrogen and oxygen atoms in total. The molecule has 4 aromatic carbocycles. The maximum atomic E-state index is 6.18. The lowest BCUT2D eigenvalue weighted by Crippen LogP contribution is -1.98. The molecule has 5 aromatic rings. The highest BCUT2D eigenvalue weighted by Crippen LogP contribution is 2.44. The molecular weight excluding hydrogens is 763 g/mol. The quantitative estimate of drug-likeness (QED) is 0.124. The van der Waals surface area contributed by atoms with Gasteiger partial charge in [0.2, 0.25) is 0 Å². The van der Waals surface area contributed by atoms with E-state index in [0.29, 0.717) is 73.1 Å². The van der Waals surface area contributed by atoms with E-state index in [4.69, 9.17) is 90.5 Å². The highest BCUT2D eigenvalue weighted by Gasteiger charge is 2.16. The van der Waals surface area contributed by atoms with Crippen LogP contribution < -0.4 is 20.9 Å². The Morgan fingerprint density at radius 2 is 1.18 bits per heavy atom. The summed E-state index contributed by atoms with van der Waals surface area (Å²) in [6.45, 7) is 0. The maximum Gasteiger partial charge on any atom is 0.175 e. The van der Waals surface area contributed by atoms with Crippen LogP contribution in [0.3, 0.4) is 0 Å². The van der Waals surface area contributed by atoms with Gasteiger partial charge in [0.1, 0.15) is 17.0 Å². The molecule has 0 fully saturated rings. The summed E-state index contributed by atoms with van der Waals surface area (Å²) in [5, 5.41) is 13.0. The van der Waals surface area contributed by atoms with Crippen molar-refractivity contribution in [3.8, 4) is 23.0 Å². The normalized spacial score (nSPS) is 10.8. The number of nitrogens with two attached hydrogens (primary N) is 2. The SMILES string of the molecule is Clc1cc(Br)c(Cl)c(Oc2c(Cl)ccc3n[nH]nc23)c1.Nc1ccc(Cl)c(Oc2cc(Cl)cc(Br)c2Cl)c1N. The van der Waals surface area contributed by atoms with Gasteiger partial charge in [0, 0.05) is 31.1 Å². The molecule has 0 bridgehead atoms. The third-order valence-electron chi connectivity index (χ3n) is 4.92. The topological polar surface area (TPSA) is 112 Å². The third-order valence-corrected chi connectivity index (χ3v) is 8.44. The molecule has 5 rings (SSSR count). The van der Waals surface area contributed by atoms with E-state index in [2.05, 4.69) is 47.3 Å². The second kappa shape index (κ2) is 12.8. The van der Waals surface area contributed by atoms with E-state index in [0.717, 1.165) is 0 Å². The fourth-order valence-corrected chi connectivity index (χ4v) is 5.34. The monoisotopic (exact) mass is 771 g/mol. The van der Waals surface area contributed by atoms with Crippen molar-refractivity contribution in [3.63, 3.8) is 0 Å². The summed E-state index contributed by atoms with van der Waals surface area (Å²) in [4.78, 5) is 0. The Morgan fingerprint density at radius 1 is 0.667 bits per heavy atom. The smallest absolute Gasteiger partial charge is 0.175 e. The number of anilines is 2. The van der Waals surface area contributed by atoms with Gasteiger partial charge in [-0.3, -0.25) is 0 Å². The summed E-state index contributed by atoms with van der Waals surface area (Å²) in [6, 6.07) is 13.1. The maximum absolute atomic E-state index is 6.18. The second-order valence-electron chi connectivity index (χ2n) is 7.55. The van der Waals surface area contributed by atoms with Crippen LogP contribution in [0.25, 0.3) is 11.0 Å². The summed E-state index contributed by atoms with van der Waals surface area (Å²) in [7, 11) is 0. The van der Waals surface area contributed by atoms with Crippen LogP contribution in [0.2, 0.25) is 30.1 Å². The lowest BCUT2D eigenvalue weighted by Gasteiger charge is -2.13. The van der Waals surface area contributed by atoms with Crippen LogP contribution in [0.4, 0.5) is 11.4 Å². The molecule has 0 saturated carbocycles. The summed E-state index contributed by atoms with van der Waals surface area (Å²) >= 11 is 43.0. The number of hydrogen-bond donors (Lipinski definition) is 3. The summed E-state index contributed by atoms with van der Waals surface area (Å²) in [5.41, 5.74) is 13.3. The number of H-pyrrole nitrogens is 1. The minimum absolute atomic E-state index is 0.248. The lowest BCUT2D eigenvalue weighted by atomic mass is 10.2. The van der Waals surface area contributed by atoms with Crippen LogP contribution in [0, 0.1) is 0 Å². The number of hydrogen-bond acceptors (Lipinski definition) is 6. The van der Waals surface area contributed by atoms with Gasteiger partial charge >= 0.3 is 0 Å². The summed E-state index contributed by atoms with van der Waals surface area (Å²) < 4.78 is 12.6. The van der Waals surface area contributed by atoms with Gasteiger partial charge in [0.15, 0.2) is 17.0 Å². The molecule has 202 valence electrons. The van der Waals surface area contributed by atoms with E-state index in [1.54, 1.807) is 48.5 Å². The van der Waals surface area contributed by atoms with Crippen molar-refractivity contribution >= 4 is 124 Å². The zero-order chi connectivity index (χ0) is 28.4. The van der Waals surface area contributed by atoms with Crippen molar-refractivity contribution in [1.29, 1.82) is 0 Å². The Kier molecular flexibility index (Phi) is 9.88. The molecule has 0 aliphatic carbocycles. The first-order valence-corrected chi connectivity index (χ1v) is 14.3. The van der Waals surface area contributed by atoms with Crippen molar-refractivity contribution in [2.45, 2.75) is 0 Å². The number of fused-ring (bicyclic) bond motifs is 1. The van der Waals surface area contributed by atoms with Crippen molar-refractivity contribution in [3.05, 3.63) is 87.6 Å². The number of ether oxygens (including phenoxy) is 2. The molecule has 0 saturated heterocycles. The Labute approximate surface area is 268 Å². The first-order valence-electron chi connectivity index (χ1n) is 10.4. The van der Waals surface area contributed by atoms with E-state index < -0.39 is 0 Å². The van der Waals surface area contributed by atoms with Crippen molar-refractivity contribution in [2.24, 2.45) is 0 Å². The third kappa shape index (κ3) is 6.92. The fourth-order valence-electron chi connectivity index (χ4n) is 3.09.